The Morgan fingerprint density at radius 1 is 1.04 bits per heavy atom. The number of likely N-dealkylation sites (tertiary alicyclic amines) is 1. The summed E-state index contributed by atoms with van der Waals surface area (Å²) in [6, 6.07) is 6.85. The zero-order valence-corrected chi connectivity index (χ0v) is 15.2. The normalized spacial score (nSPS) is 27.2. The van der Waals surface area contributed by atoms with Crippen LogP contribution in [0.4, 0.5) is 0 Å². The van der Waals surface area contributed by atoms with E-state index in [1.807, 2.05) is 6.07 Å². The van der Waals surface area contributed by atoms with Crippen molar-refractivity contribution in [3.05, 3.63) is 23.8 Å². The van der Waals surface area contributed by atoms with Crippen LogP contribution in [0.5, 0.6) is 11.5 Å². The molecule has 3 fully saturated rings. The van der Waals surface area contributed by atoms with Crippen LogP contribution in [0.25, 0.3) is 0 Å². The van der Waals surface area contributed by atoms with Gasteiger partial charge in [-0.3, -0.25) is 4.79 Å². The number of hydrogen-bond acceptors (Lipinski definition) is 3. The molecule has 2 aliphatic carbocycles. The first-order chi connectivity index (χ1) is 12.2. The number of nitrogens with zero attached hydrogens (tertiary/aromatic N) is 1. The van der Waals surface area contributed by atoms with Crippen molar-refractivity contribution in [2.75, 3.05) is 13.7 Å². The molecular weight excluding hydrogens is 314 g/mol. The summed E-state index contributed by atoms with van der Waals surface area (Å²) in [5.41, 5.74) is 1.34. The van der Waals surface area contributed by atoms with Crippen molar-refractivity contribution in [2.24, 2.45) is 0 Å². The maximum absolute atomic E-state index is 12.0. The van der Waals surface area contributed by atoms with Crippen molar-refractivity contribution < 1.29 is 14.3 Å². The van der Waals surface area contributed by atoms with Crippen LogP contribution in [-0.4, -0.2) is 36.6 Å². The van der Waals surface area contributed by atoms with Gasteiger partial charge in [-0.2, -0.15) is 0 Å². The first kappa shape index (κ1) is 16.7. The van der Waals surface area contributed by atoms with E-state index in [0.717, 1.165) is 63.0 Å². The van der Waals surface area contributed by atoms with Crippen molar-refractivity contribution >= 4 is 5.91 Å². The summed E-state index contributed by atoms with van der Waals surface area (Å²) >= 11 is 0. The number of rotatable bonds is 5. The number of ether oxygens (including phenoxy) is 2. The van der Waals surface area contributed by atoms with Crippen molar-refractivity contribution in [1.29, 1.82) is 0 Å². The largest absolute Gasteiger partial charge is 0.493 e. The van der Waals surface area contributed by atoms with Crippen LogP contribution < -0.4 is 9.47 Å². The van der Waals surface area contributed by atoms with E-state index in [9.17, 15) is 4.79 Å². The third kappa shape index (κ3) is 3.49. The van der Waals surface area contributed by atoms with Gasteiger partial charge in [-0.1, -0.05) is 6.07 Å². The van der Waals surface area contributed by atoms with Crippen LogP contribution in [0.3, 0.4) is 0 Å². The molecule has 1 aliphatic heterocycles. The lowest BCUT2D eigenvalue weighted by Crippen LogP contribution is -2.34. The van der Waals surface area contributed by atoms with E-state index < -0.39 is 0 Å². The minimum absolute atomic E-state index is 0.336. The Hall–Kier alpha value is -1.71. The molecule has 136 valence electrons. The molecule has 0 N–H and O–H groups in total. The van der Waals surface area contributed by atoms with Gasteiger partial charge >= 0.3 is 0 Å². The number of carbonyl (C=O) groups is 1. The Bertz CT molecular complexity index is 624. The molecule has 1 saturated heterocycles. The van der Waals surface area contributed by atoms with Gasteiger partial charge in [-0.15, -0.1) is 0 Å². The molecule has 1 aromatic carbocycles. The summed E-state index contributed by atoms with van der Waals surface area (Å²) in [6.07, 6.45) is 10.3. The first-order valence-corrected chi connectivity index (χ1v) is 9.88. The molecule has 1 heterocycles. The predicted octanol–water partition coefficient (Wildman–Crippen LogP) is 4.28. The van der Waals surface area contributed by atoms with Gasteiger partial charge in [0.1, 0.15) is 0 Å². The van der Waals surface area contributed by atoms with Gasteiger partial charge in [0.15, 0.2) is 11.5 Å². The molecule has 2 saturated carbocycles. The molecule has 4 nitrogen and oxygen atoms in total. The van der Waals surface area contributed by atoms with Gasteiger partial charge in [-0.25, -0.2) is 0 Å². The van der Waals surface area contributed by atoms with Crippen molar-refractivity contribution in [1.82, 2.24) is 4.90 Å². The highest BCUT2D eigenvalue weighted by Crippen LogP contribution is 2.41. The van der Waals surface area contributed by atoms with Gasteiger partial charge < -0.3 is 14.4 Å². The summed E-state index contributed by atoms with van der Waals surface area (Å²) in [5.74, 6) is 2.60. The fourth-order valence-electron chi connectivity index (χ4n) is 4.82. The molecule has 0 radical (unpaired) electrons. The molecule has 1 amide bonds. The minimum atomic E-state index is 0.336. The number of carbonyl (C=O) groups excluding carboxylic acids is 1. The second-order valence-corrected chi connectivity index (χ2v) is 7.79. The average Bonchev–Trinajstić information content (AvgIpc) is 3.36. The number of amides is 1. The highest BCUT2D eigenvalue weighted by Gasteiger charge is 2.34. The molecule has 1 aromatic rings. The number of benzene rings is 1. The fourth-order valence-corrected chi connectivity index (χ4v) is 4.82. The molecule has 0 spiro atoms. The van der Waals surface area contributed by atoms with Crippen molar-refractivity contribution in [2.45, 2.75) is 75.9 Å². The smallest absolute Gasteiger partial charge is 0.222 e. The highest BCUT2D eigenvalue weighted by molar-refractivity contribution is 5.78. The maximum Gasteiger partial charge on any atom is 0.222 e. The van der Waals surface area contributed by atoms with E-state index in [0.29, 0.717) is 24.0 Å². The molecule has 25 heavy (non-hydrogen) atoms. The van der Waals surface area contributed by atoms with Crippen LogP contribution in [0, 0.1) is 0 Å². The third-order valence-electron chi connectivity index (χ3n) is 6.21. The van der Waals surface area contributed by atoms with Crippen LogP contribution in [-0.2, 0) is 4.79 Å². The fraction of sp³-hybridized carbons (Fsp3) is 0.667. The Morgan fingerprint density at radius 2 is 1.88 bits per heavy atom. The zero-order chi connectivity index (χ0) is 17.2. The Kier molecular flexibility index (Phi) is 4.87. The molecule has 0 bridgehead atoms. The Morgan fingerprint density at radius 3 is 2.60 bits per heavy atom. The van der Waals surface area contributed by atoms with Gasteiger partial charge in [0.05, 0.1) is 13.2 Å². The van der Waals surface area contributed by atoms with Gasteiger partial charge in [0, 0.05) is 19.0 Å². The van der Waals surface area contributed by atoms with Gasteiger partial charge in [0.25, 0.3) is 0 Å². The van der Waals surface area contributed by atoms with Crippen LogP contribution in [0.2, 0.25) is 0 Å². The summed E-state index contributed by atoms with van der Waals surface area (Å²) in [6.45, 7) is 0.953. The molecule has 3 aliphatic rings. The predicted molar refractivity (Wildman–Crippen MR) is 97.2 cm³/mol. The molecular formula is C21H29NO3. The monoisotopic (exact) mass is 343 g/mol. The van der Waals surface area contributed by atoms with Gasteiger partial charge in [-0.05, 0) is 75.0 Å². The quantitative estimate of drug-likeness (QED) is 0.801. The first-order valence-electron chi connectivity index (χ1n) is 9.88. The molecule has 2 unspecified atom stereocenters. The number of hydrogen-bond donors (Lipinski definition) is 0. The lowest BCUT2D eigenvalue weighted by molar-refractivity contribution is -0.129. The third-order valence-corrected chi connectivity index (χ3v) is 6.21. The van der Waals surface area contributed by atoms with Crippen LogP contribution >= 0.6 is 0 Å². The minimum Gasteiger partial charge on any atom is -0.493 e. The summed E-state index contributed by atoms with van der Waals surface area (Å²) < 4.78 is 11.8. The number of methoxy groups -OCH3 is 1. The van der Waals surface area contributed by atoms with E-state index in [-0.39, 0.29) is 0 Å². The molecule has 4 heteroatoms. The second kappa shape index (κ2) is 7.27. The van der Waals surface area contributed by atoms with Crippen molar-refractivity contribution in [3.63, 3.8) is 0 Å². The Labute approximate surface area is 150 Å². The van der Waals surface area contributed by atoms with Gasteiger partial charge in [0.2, 0.25) is 5.91 Å². The second-order valence-electron chi connectivity index (χ2n) is 7.79. The highest BCUT2D eigenvalue weighted by atomic mass is 16.5. The van der Waals surface area contributed by atoms with Crippen LogP contribution in [0.15, 0.2) is 18.2 Å². The average molecular weight is 343 g/mol. The van der Waals surface area contributed by atoms with E-state index in [1.54, 1.807) is 7.11 Å². The topological polar surface area (TPSA) is 38.8 Å². The lowest BCUT2D eigenvalue weighted by Gasteiger charge is -2.24. The van der Waals surface area contributed by atoms with E-state index in [2.05, 4.69) is 17.0 Å². The SMILES string of the molecule is COc1ccc(C2CCC(N3CCCC3=O)C2)cc1OC1CCCC1. The van der Waals surface area contributed by atoms with E-state index >= 15 is 0 Å². The molecule has 4 rings (SSSR count). The molecule has 0 aromatic heterocycles. The lowest BCUT2D eigenvalue weighted by atomic mass is 9.97. The summed E-state index contributed by atoms with van der Waals surface area (Å²) in [5, 5.41) is 0. The van der Waals surface area contributed by atoms with Crippen molar-refractivity contribution in [3.8, 4) is 11.5 Å². The van der Waals surface area contributed by atoms with E-state index in [4.69, 9.17) is 9.47 Å². The maximum atomic E-state index is 12.0. The summed E-state index contributed by atoms with van der Waals surface area (Å²) in [7, 11) is 1.71. The molecule has 2 atom stereocenters. The van der Waals surface area contributed by atoms with E-state index in [1.165, 1.54) is 18.4 Å². The Balaban J connectivity index is 1.47. The van der Waals surface area contributed by atoms with Crippen LogP contribution in [0.1, 0.15) is 69.3 Å². The summed E-state index contributed by atoms with van der Waals surface area (Å²) in [4.78, 5) is 14.1. The standard InChI is InChI=1S/C21H29NO3/c1-24-19-11-9-16(14-20(19)25-18-5-2-3-6-18)15-8-10-17(13-15)22-12-4-7-21(22)23/h9,11,14-15,17-18H,2-8,10,12-13H2,1H3. The zero-order valence-electron chi connectivity index (χ0n) is 15.2.